The summed E-state index contributed by atoms with van der Waals surface area (Å²) in [7, 11) is -5.77. The van der Waals surface area contributed by atoms with Crippen LogP contribution in [0.25, 0.3) is 0 Å². The number of hydrogen-bond acceptors (Lipinski definition) is 8. The average Bonchev–Trinajstić information content (AvgIpc) is 3.12. The van der Waals surface area contributed by atoms with Crippen LogP contribution in [0.15, 0.2) is 121 Å². The van der Waals surface area contributed by atoms with Crippen LogP contribution >= 0.6 is 14.3 Å². The lowest BCUT2D eigenvalue weighted by Gasteiger charge is -2.19. The fourth-order valence-electron chi connectivity index (χ4n) is 4.66. The molecule has 0 fully saturated rings. The van der Waals surface area contributed by atoms with Gasteiger partial charge in [-0.05, 0) is 0 Å². The molecule has 0 aliphatic rings. The molecule has 0 radical (unpaired) electrons. The predicted molar refractivity (Wildman–Crippen MR) is 184 cm³/mol. The molecule has 8 nitrogen and oxygen atoms in total. The van der Waals surface area contributed by atoms with Gasteiger partial charge in [0.15, 0.2) is 14.3 Å². The van der Waals surface area contributed by atoms with E-state index < -0.39 is 14.3 Å². The molecule has 0 saturated carbocycles. The van der Waals surface area contributed by atoms with Gasteiger partial charge in [-0.25, -0.2) is 0 Å². The third kappa shape index (κ3) is 11.4. The largest absolute Gasteiger partial charge is 0.377 e. The Hall–Kier alpha value is -2.90. The second-order valence-electron chi connectivity index (χ2n) is 10.3. The minimum absolute atomic E-state index is 0.125. The molecule has 0 amide bonds. The molecule has 10 heteroatoms. The summed E-state index contributed by atoms with van der Waals surface area (Å²) < 4.78 is 61.6. The van der Waals surface area contributed by atoms with E-state index in [9.17, 15) is 9.13 Å². The number of hydrogen-bond donors (Lipinski definition) is 0. The SMILES string of the molecule is O=P(COCCOCCOCCOCCOCCOCP(=O)(c1ccccc1)c1ccccc1)(c1ccccc1)c1ccccc1. The van der Waals surface area contributed by atoms with Crippen molar-refractivity contribution in [2.75, 3.05) is 78.8 Å². The summed E-state index contributed by atoms with van der Waals surface area (Å²) in [5.74, 6) is 0. The van der Waals surface area contributed by atoms with Crippen molar-refractivity contribution in [3.8, 4) is 0 Å². The van der Waals surface area contributed by atoms with Crippen molar-refractivity contribution in [1.29, 1.82) is 0 Å². The van der Waals surface area contributed by atoms with Crippen LogP contribution in [0.3, 0.4) is 0 Å². The smallest absolute Gasteiger partial charge is 0.167 e. The molecule has 0 atom stereocenters. The van der Waals surface area contributed by atoms with Crippen molar-refractivity contribution in [2.24, 2.45) is 0 Å². The van der Waals surface area contributed by atoms with Gasteiger partial charge in [-0.2, -0.15) is 0 Å². The van der Waals surface area contributed by atoms with E-state index in [0.29, 0.717) is 66.1 Å². The molecule has 0 unspecified atom stereocenters. The van der Waals surface area contributed by atoms with E-state index in [1.165, 1.54) is 0 Å². The van der Waals surface area contributed by atoms with Gasteiger partial charge in [-0.15, -0.1) is 0 Å². The second kappa shape index (κ2) is 20.4. The van der Waals surface area contributed by atoms with Crippen LogP contribution in [-0.4, -0.2) is 78.8 Å². The molecule has 0 bridgehead atoms. The molecular weight excluding hydrogens is 622 g/mol. The third-order valence-corrected chi connectivity index (χ3v) is 12.7. The van der Waals surface area contributed by atoms with Crippen molar-refractivity contribution < 1.29 is 37.6 Å². The van der Waals surface area contributed by atoms with E-state index in [0.717, 1.165) is 21.2 Å². The Labute approximate surface area is 272 Å². The Balaban J connectivity index is 0.977. The van der Waals surface area contributed by atoms with E-state index in [2.05, 4.69) is 0 Å². The quantitative estimate of drug-likeness (QED) is 0.0805. The lowest BCUT2D eigenvalue weighted by Crippen LogP contribution is -2.21. The summed E-state index contributed by atoms with van der Waals surface area (Å²) >= 11 is 0. The van der Waals surface area contributed by atoms with E-state index >= 15 is 0 Å². The highest BCUT2D eigenvalue weighted by Crippen LogP contribution is 2.44. The topological polar surface area (TPSA) is 89.5 Å². The van der Waals surface area contributed by atoms with Crippen molar-refractivity contribution in [3.05, 3.63) is 121 Å². The van der Waals surface area contributed by atoms with Gasteiger partial charge in [0.25, 0.3) is 0 Å². The maximum Gasteiger partial charge on any atom is 0.167 e. The predicted octanol–water partition coefficient (Wildman–Crippen LogP) is 5.03. The first kappa shape index (κ1) is 35.9. The maximum absolute atomic E-state index is 13.9. The van der Waals surface area contributed by atoms with Gasteiger partial charge >= 0.3 is 0 Å². The first-order chi connectivity index (χ1) is 22.6. The molecular formula is C36H44O8P2. The Morgan fingerprint density at radius 3 is 0.717 bits per heavy atom. The molecule has 46 heavy (non-hydrogen) atoms. The molecule has 0 aliphatic heterocycles. The van der Waals surface area contributed by atoms with Gasteiger partial charge in [0.1, 0.15) is 12.7 Å². The van der Waals surface area contributed by atoms with Gasteiger partial charge in [0.05, 0.1) is 66.1 Å². The molecule has 0 spiro atoms. The molecule has 4 aromatic rings. The van der Waals surface area contributed by atoms with E-state index in [4.69, 9.17) is 28.4 Å². The van der Waals surface area contributed by atoms with E-state index in [1.54, 1.807) is 0 Å². The van der Waals surface area contributed by atoms with Gasteiger partial charge in [-0.1, -0.05) is 121 Å². The van der Waals surface area contributed by atoms with Crippen LogP contribution in [0, 0.1) is 0 Å². The molecule has 246 valence electrons. The lowest BCUT2D eigenvalue weighted by atomic mass is 10.4. The number of ether oxygens (including phenoxy) is 6. The summed E-state index contributed by atoms with van der Waals surface area (Å²) in [6.45, 7) is 4.13. The van der Waals surface area contributed by atoms with Gasteiger partial charge < -0.3 is 37.6 Å². The molecule has 0 saturated heterocycles. The first-order valence-electron chi connectivity index (χ1n) is 15.5. The van der Waals surface area contributed by atoms with Crippen molar-refractivity contribution in [3.63, 3.8) is 0 Å². The fourth-order valence-corrected chi connectivity index (χ4v) is 9.24. The van der Waals surface area contributed by atoms with Crippen LogP contribution in [-0.2, 0) is 37.6 Å². The van der Waals surface area contributed by atoms with Crippen molar-refractivity contribution in [2.45, 2.75) is 0 Å². The first-order valence-corrected chi connectivity index (χ1v) is 19.3. The zero-order chi connectivity index (χ0) is 32.2. The van der Waals surface area contributed by atoms with E-state index in [1.807, 2.05) is 121 Å². The third-order valence-electron chi connectivity index (χ3n) is 7.10. The zero-order valence-electron chi connectivity index (χ0n) is 26.2. The highest BCUT2D eigenvalue weighted by molar-refractivity contribution is 7.78. The fraction of sp³-hybridized carbons (Fsp3) is 0.333. The zero-order valence-corrected chi connectivity index (χ0v) is 28.0. The average molecular weight is 667 g/mol. The van der Waals surface area contributed by atoms with Crippen LogP contribution in [0.1, 0.15) is 0 Å². The maximum atomic E-state index is 13.9. The Bertz CT molecular complexity index is 1260. The summed E-state index contributed by atoms with van der Waals surface area (Å²) in [6.07, 6.45) is 0.249. The molecule has 0 heterocycles. The lowest BCUT2D eigenvalue weighted by molar-refractivity contribution is -0.0134. The van der Waals surface area contributed by atoms with E-state index in [-0.39, 0.29) is 12.7 Å². The van der Waals surface area contributed by atoms with Crippen LogP contribution in [0.5, 0.6) is 0 Å². The van der Waals surface area contributed by atoms with Gasteiger partial charge in [0, 0.05) is 21.2 Å². The second-order valence-corrected chi connectivity index (χ2v) is 15.9. The Morgan fingerprint density at radius 1 is 0.304 bits per heavy atom. The molecule has 0 aliphatic carbocycles. The number of benzene rings is 4. The van der Waals surface area contributed by atoms with Gasteiger partial charge in [-0.3, -0.25) is 0 Å². The van der Waals surface area contributed by atoms with Crippen molar-refractivity contribution >= 4 is 35.5 Å². The number of rotatable bonds is 23. The molecule has 4 aromatic carbocycles. The van der Waals surface area contributed by atoms with Crippen molar-refractivity contribution in [1.82, 2.24) is 0 Å². The monoisotopic (exact) mass is 666 g/mol. The molecule has 4 rings (SSSR count). The highest BCUT2D eigenvalue weighted by Gasteiger charge is 2.28. The Morgan fingerprint density at radius 2 is 0.500 bits per heavy atom. The summed E-state index contributed by atoms with van der Waals surface area (Å²) in [6, 6.07) is 37.9. The Kier molecular flexibility index (Phi) is 15.9. The summed E-state index contributed by atoms with van der Waals surface area (Å²) in [5.41, 5.74) is 0. The highest BCUT2D eigenvalue weighted by atomic mass is 31.2. The van der Waals surface area contributed by atoms with Crippen LogP contribution < -0.4 is 21.2 Å². The molecule has 0 N–H and O–H groups in total. The summed E-state index contributed by atoms with van der Waals surface area (Å²) in [5, 5.41) is 3.13. The molecule has 0 aromatic heterocycles. The summed E-state index contributed by atoms with van der Waals surface area (Å²) in [4.78, 5) is 0. The van der Waals surface area contributed by atoms with Crippen LogP contribution in [0.2, 0.25) is 0 Å². The minimum Gasteiger partial charge on any atom is -0.377 e. The normalized spacial score (nSPS) is 11.9. The van der Waals surface area contributed by atoms with Gasteiger partial charge in [0.2, 0.25) is 0 Å². The standard InChI is InChI=1S/C36H44O8P2/c37-45(33-13-5-1-6-14-33,34-15-7-2-8-16-34)31-43-29-27-41-25-23-39-21-22-40-24-26-42-28-30-44-32-46(38,35-17-9-3-10-18-35)36-19-11-4-12-20-36/h1-20H,21-32H2. The van der Waals surface area contributed by atoms with Crippen LogP contribution in [0.4, 0.5) is 0 Å². The minimum atomic E-state index is -2.88.